The quantitative estimate of drug-likeness (QED) is 0.829. The average molecular weight is 287 g/mol. The van der Waals surface area contributed by atoms with E-state index in [-0.39, 0.29) is 5.92 Å². The van der Waals surface area contributed by atoms with E-state index in [1.54, 1.807) is 11.3 Å². The number of rotatable bonds is 5. The molecule has 0 aliphatic rings. The summed E-state index contributed by atoms with van der Waals surface area (Å²) < 4.78 is 1.17. The number of hydrogen-bond donors (Lipinski definition) is 0. The molecule has 1 aromatic rings. The van der Waals surface area contributed by atoms with Crippen molar-refractivity contribution in [1.82, 2.24) is 4.90 Å². The second-order valence-corrected chi connectivity index (χ2v) is 6.11. The van der Waals surface area contributed by atoms with Crippen molar-refractivity contribution in [3.63, 3.8) is 0 Å². The molecule has 1 aromatic heterocycles. The van der Waals surface area contributed by atoms with Gasteiger partial charge in [-0.2, -0.15) is 5.26 Å². The van der Waals surface area contributed by atoms with E-state index in [9.17, 15) is 0 Å². The van der Waals surface area contributed by atoms with E-state index in [0.717, 1.165) is 19.6 Å². The Kier molecular flexibility index (Phi) is 5.30. The minimum atomic E-state index is 0.105. The van der Waals surface area contributed by atoms with E-state index >= 15 is 0 Å². The zero-order valence-electron chi connectivity index (χ0n) is 9.03. The van der Waals surface area contributed by atoms with E-state index in [1.165, 1.54) is 8.66 Å². The first-order valence-corrected chi connectivity index (χ1v) is 6.62. The highest BCUT2D eigenvalue weighted by Crippen LogP contribution is 2.23. The molecule has 0 aromatic carbocycles. The van der Waals surface area contributed by atoms with Crippen LogP contribution >= 0.6 is 27.3 Å². The van der Waals surface area contributed by atoms with Gasteiger partial charge in [0.2, 0.25) is 0 Å². The lowest BCUT2D eigenvalue weighted by molar-refractivity contribution is 0.262. The first-order chi connectivity index (χ1) is 7.15. The Labute approximate surface area is 104 Å². The summed E-state index contributed by atoms with van der Waals surface area (Å²) in [6, 6.07) is 6.48. The van der Waals surface area contributed by atoms with Gasteiger partial charge in [0.1, 0.15) is 0 Å². The van der Waals surface area contributed by atoms with Crippen LogP contribution in [-0.4, -0.2) is 18.0 Å². The van der Waals surface area contributed by atoms with Crippen molar-refractivity contribution in [2.45, 2.75) is 20.4 Å². The molecule has 0 spiro atoms. The van der Waals surface area contributed by atoms with Gasteiger partial charge < -0.3 is 0 Å². The lowest BCUT2D eigenvalue weighted by Crippen LogP contribution is -2.27. The van der Waals surface area contributed by atoms with E-state index in [4.69, 9.17) is 5.26 Å². The largest absolute Gasteiger partial charge is 0.297 e. The Hall–Kier alpha value is -0.370. The van der Waals surface area contributed by atoms with Gasteiger partial charge in [-0.3, -0.25) is 4.90 Å². The Morgan fingerprint density at radius 2 is 2.33 bits per heavy atom. The van der Waals surface area contributed by atoms with Crippen LogP contribution in [0.2, 0.25) is 0 Å². The van der Waals surface area contributed by atoms with Crippen molar-refractivity contribution in [2.24, 2.45) is 5.92 Å². The van der Waals surface area contributed by atoms with E-state index in [0.29, 0.717) is 0 Å². The highest BCUT2D eigenvalue weighted by molar-refractivity contribution is 9.11. The van der Waals surface area contributed by atoms with Gasteiger partial charge in [0.15, 0.2) is 0 Å². The third-order valence-electron chi connectivity index (χ3n) is 2.21. The van der Waals surface area contributed by atoms with Crippen LogP contribution in [0.25, 0.3) is 0 Å². The first kappa shape index (κ1) is 12.7. The van der Waals surface area contributed by atoms with Gasteiger partial charge >= 0.3 is 0 Å². The van der Waals surface area contributed by atoms with Crippen molar-refractivity contribution in [3.8, 4) is 6.07 Å². The topological polar surface area (TPSA) is 27.0 Å². The molecule has 0 N–H and O–H groups in total. The maximum Gasteiger partial charge on any atom is 0.0701 e. The summed E-state index contributed by atoms with van der Waals surface area (Å²) in [6.45, 7) is 6.88. The van der Waals surface area contributed by atoms with Crippen molar-refractivity contribution < 1.29 is 0 Å². The molecular formula is C11H15BrN2S. The number of hydrogen-bond acceptors (Lipinski definition) is 3. The summed E-state index contributed by atoms with van der Waals surface area (Å²) >= 11 is 5.21. The van der Waals surface area contributed by atoms with Gasteiger partial charge in [-0.25, -0.2) is 0 Å². The Morgan fingerprint density at radius 3 is 2.80 bits per heavy atom. The molecule has 2 nitrogen and oxygen atoms in total. The summed E-state index contributed by atoms with van der Waals surface area (Å²) in [7, 11) is 0. The molecule has 4 heteroatoms. The minimum Gasteiger partial charge on any atom is -0.297 e. The number of thiophene rings is 1. The van der Waals surface area contributed by atoms with Gasteiger partial charge in [-0.15, -0.1) is 11.3 Å². The predicted molar refractivity (Wildman–Crippen MR) is 67.7 cm³/mol. The maximum absolute atomic E-state index is 8.77. The molecule has 0 saturated heterocycles. The molecule has 1 heterocycles. The molecule has 0 bridgehead atoms. The average Bonchev–Trinajstić information content (AvgIpc) is 2.62. The summed E-state index contributed by atoms with van der Waals surface area (Å²) in [5, 5.41) is 8.77. The minimum absolute atomic E-state index is 0.105. The van der Waals surface area contributed by atoms with Crippen molar-refractivity contribution >= 4 is 27.3 Å². The van der Waals surface area contributed by atoms with E-state index < -0.39 is 0 Å². The van der Waals surface area contributed by atoms with Crippen LogP contribution < -0.4 is 0 Å². The highest BCUT2D eigenvalue weighted by Gasteiger charge is 2.09. The molecule has 1 unspecified atom stereocenters. The van der Waals surface area contributed by atoms with Gasteiger partial charge in [-0.05, 0) is 41.5 Å². The van der Waals surface area contributed by atoms with Crippen LogP contribution in [0.15, 0.2) is 15.9 Å². The zero-order chi connectivity index (χ0) is 11.3. The van der Waals surface area contributed by atoms with Crippen molar-refractivity contribution in [3.05, 3.63) is 20.8 Å². The Bertz CT molecular complexity index is 343. The second kappa shape index (κ2) is 6.26. The molecule has 82 valence electrons. The predicted octanol–water partition coefficient (Wildman–Crippen LogP) is 3.49. The molecule has 0 radical (unpaired) electrons. The molecule has 15 heavy (non-hydrogen) atoms. The third kappa shape index (κ3) is 4.33. The normalized spacial score (nSPS) is 12.7. The van der Waals surface area contributed by atoms with Gasteiger partial charge in [0, 0.05) is 18.0 Å². The summed E-state index contributed by atoms with van der Waals surface area (Å²) in [6.07, 6.45) is 0. The van der Waals surface area contributed by atoms with E-state index in [2.05, 4.69) is 46.0 Å². The van der Waals surface area contributed by atoms with Crippen LogP contribution in [0.4, 0.5) is 0 Å². The summed E-state index contributed by atoms with van der Waals surface area (Å²) in [4.78, 5) is 3.64. The fourth-order valence-electron chi connectivity index (χ4n) is 1.39. The van der Waals surface area contributed by atoms with Crippen LogP contribution in [-0.2, 0) is 6.54 Å². The number of nitrogens with zero attached hydrogens (tertiary/aromatic N) is 2. The molecule has 1 rings (SSSR count). The van der Waals surface area contributed by atoms with Crippen molar-refractivity contribution in [2.75, 3.05) is 13.1 Å². The number of halogens is 1. The smallest absolute Gasteiger partial charge is 0.0701 e. The molecule has 0 aliphatic carbocycles. The Balaban J connectivity index is 2.51. The third-order valence-corrected chi connectivity index (χ3v) is 3.82. The van der Waals surface area contributed by atoms with Crippen LogP contribution in [0.1, 0.15) is 18.7 Å². The van der Waals surface area contributed by atoms with Crippen LogP contribution in [0.3, 0.4) is 0 Å². The lowest BCUT2D eigenvalue weighted by atomic mass is 10.2. The zero-order valence-corrected chi connectivity index (χ0v) is 11.4. The van der Waals surface area contributed by atoms with E-state index in [1.807, 2.05) is 6.92 Å². The van der Waals surface area contributed by atoms with Crippen LogP contribution in [0, 0.1) is 17.2 Å². The van der Waals surface area contributed by atoms with Gasteiger partial charge in [0.05, 0.1) is 15.8 Å². The lowest BCUT2D eigenvalue weighted by Gasteiger charge is -2.20. The van der Waals surface area contributed by atoms with Gasteiger partial charge in [0.25, 0.3) is 0 Å². The SMILES string of the molecule is CCN(Cc1ccc(Br)s1)CC(C)C#N. The Morgan fingerprint density at radius 1 is 1.60 bits per heavy atom. The van der Waals surface area contributed by atoms with Gasteiger partial charge in [-0.1, -0.05) is 6.92 Å². The summed E-state index contributed by atoms with van der Waals surface area (Å²) in [5.74, 6) is 0.105. The molecular weight excluding hydrogens is 272 g/mol. The molecule has 0 saturated carbocycles. The molecule has 1 atom stereocenters. The standard InChI is InChI=1S/C11H15BrN2S/c1-3-14(7-9(2)6-13)8-10-4-5-11(12)15-10/h4-5,9H,3,7-8H2,1-2H3. The second-order valence-electron chi connectivity index (χ2n) is 3.56. The fourth-order valence-corrected chi connectivity index (χ4v) is 2.92. The monoisotopic (exact) mass is 286 g/mol. The molecule has 0 aliphatic heterocycles. The van der Waals surface area contributed by atoms with Crippen LogP contribution in [0.5, 0.6) is 0 Å². The summed E-state index contributed by atoms with van der Waals surface area (Å²) in [5.41, 5.74) is 0. The maximum atomic E-state index is 8.77. The number of nitriles is 1. The molecule has 0 amide bonds. The highest BCUT2D eigenvalue weighted by atomic mass is 79.9. The first-order valence-electron chi connectivity index (χ1n) is 5.02. The fraction of sp³-hybridized carbons (Fsp3) is 0.545. The van der Waals surface area contributed by atoms with Crippen molar-refractivity contribution in [1.29, 1.82) is 5.26 Å². The molecule has 0 fully saturated rings.